The fraction of sp³-hybridized carbons (Fsp3) is 0.667. The van der Waals surface area contributed by atoms with Crippen LogP contribution in [0, 0.1) is 19.8 Å². The first kappa shape index (κ1) is 20.1. The number of rotatable bonds is 6. The van der Waals surface area contributed by atoms with Crippen molar-refractivity contribution < 1.29 is 4.79 Å². The third-order valence-corrected chi connectivity index (χ3v) is 6.78. The summed E-state index contributed by atoms with van der Waals surface area (Å²) in [6, 6.07) is 0. The summed E-state index contributed by atoms with van der Waals surface area (Å²) in [5.74, 6) is 2.72. The van der Waals surface area contributed by atoms with Crippen molar-refractivity contribution in [2.45, 2.75) is 60.3 Å². The van der Waals surface area contributed by atoms with E-state index in [-0.39, 0.29) is 5.91 Å². The fourth-order valence-corrected chi connectivity index (χ4v) is 4.96. The van der Waals surface area contributed by atoms with Crippen molar-refractivity contribution in [2.24, 2.45) is 5.92 Å². The van der Waals surface area contributed by atoms with Crippen LogP contribution in [0.15, 0.2) is 0 Å². The van der Waals surface area contributed by atoms with Crippen molar-refractivity contribution in [3.05, 3.63) is 16.3 Å². The van der Waals surface area contributed by atoms with Gasteiger partial charge in [0, 0.05) is 26.2 Å². The molecule has 1 aliphatic rings. The molecule has 1 fully saturated rings. The Morgan fingerprint density at radius 2 is 1.93 bits per heavy atom. The normalized spacial score (nSPS) is 15.5. The van der Waals surface area contributed by atoms with E-state index in [2.05, 4.69) is 37.6 Å². The van der Waals surface area contributed by atoms with E-state index in [1.54, 1.807) is 0 Å². The monoisotopic (exact) mass is 388 g/mol. The van der Waals surface area contributed by atoms with Gasteiger partial charge in [-0.25, -0.2) is 9.97 Å². The number of hydrogen-bond acceptors (Lipinski definition) is 5. The van der Waals surface area contributed by atoms with E-state index in [1.165, 1.54) is 24.2 Å². The SMILES string of the molecule is CCCCN(CC)C(=O)c1sc2nc(C)nc(N3CCC(C)CC3)c2c1C. The van der Waals surface area contributed by atoms with E-state index in [0.717, 1.165) is 77.2 Å². The molecule has 2 aromatic rings. The summed E-state index contributed by atoms with van der Waals surface area (Å²) in [4.78, 5) is 28.8. The van der Waals surface area contributed by atoms with Gasteiger partial charge in [-0.05, 0) is 51.5 Å². The Balaban J connectivity index is 2.01. The van der Waals surface area contributed by atoms with Gasteiger partial charge < -0.3 is 9.80 Å². The Labute approximate surface area is 166 Å². The van der Waals surface area contributed by atoms with Gasteiger partial charge in [-0.2, -0.15) is 0 Å². The number of carbonyl (C=O) groups excluding carboxylic acids is 1. The van der Waals surface area contributed by atoms with Crippen LogP contribution >= 0.6 is 11.3 Å². The van der Waals surface area contributed by atoms with E-state index in [0.29, 0.717) is 0 Å². The van der Waals surface area contributed by atoms with Gasteiger partial charge in [-0.1, -0.05) is 20.3 Å². The Morgan fingerprint density at radius 3 is 2.56 bits per heavy atom. The molecule has 5 nitrogen and oxygen atoms in total. The van der Waals surface area contributed by atoms with Gasteiger partial charge in [-0.15, -0.1) is 11.3 Å². The third kappa shape index (κ3) is 4.10. The molecule has 0 spiro atoms. The highest BCUT2D eigenvalue weighted by Gasteiger charge is 2.26. The summed E-state index contributed by atoms with van der Waals surface area (Å²) in [7, 11) is 0. The van der Waals surface area contributed by atoms with Gasteiger partial charge in [0.25, 0.3) is 5.91 Å². The van der Waals surface area contributed by atoms with Crippen molar-refractivity contribution in [2.75, 3.05) is 31.1 Å². The van der Waals surface area contributed by atoms with Crippen molar-refractivity contribution in [1.82, 2.24) is 14.9 Å². The topological polar surface area (TPSA) is 49.3 Å². The minimum absolute atomic E-state index is 0.141. The maximum absolute atomic E-state index is 13.2. The summed E-state index contributed by atoms with van der Waals surface area (Å²) < 4.78 is 0. The van der Waals surface area contributed by atoms with Crippen LogP contribution < -0.4 is 4.90 Å². The second-order valence-corrected chi connectivity index (χ2v) is 8.74. The number of anilines is 1. The van der Waals surface area contributed by atoms with E-state index in [4.69, 9.17) is 4.98 Å². The second-order valence-electron chi connectivity index (χ2n) is 7.74. The smallest absolute Gasteiger partial charge is 0.264 e. The van der Waals surface area contributed by atoms with Crippen LogP contribution in [0.4, 0.5) is 5.82 Å². The number of nitrogens with zero attached hydrogens (tertiary/aromatic N) is 4. The maximum Gasteiger partial charge on any atom is 0.264 e. The van der Waals surface area contributed by atoms with Gasteiger partial charge in [0.05, 0.1) is 10.3 Å². The van der Waals surface area contributed by atoms with Gasteiger partial charge >= 0.3 is 0 Å². The lowest BCUT2D eigenvalue weighted by molar-refractivity contribution is 0.0766. The molecule has 0 unspecified atom stereocenters. The van der Waals surface area contributed by atoms with Crippen LogP contribution in [0.1, 0.15) is 67.5 Å². The van der Waals surface area contributed by atoms with Crippen LogP contribution in [0.5, 0.6) is 0 Å². The number of amides is 1. The molecule has 148 valence electrons. The third-order valence-electron chi connectivity index (χ3n) is 5.61. The second kappa shape index (κ2) is 8.55. The molecule has 0 bridgehead atoms. The van der Waals surface area contributed by atoms with Crippen LogP contribution in [0.25, 0.3) is 10.2 Å². The highest BCUT2D eigenvalue weighted by molar-refractivity contribution is 7.20. The van der Waals surface area contributed by atoms with Gasteiger partial charge in [-0.3, -0.25) is 4.79 Å². The minimum atomic E-state index is 0.141. The van der Waals surface area contributed by atoms with Gasteiger partial charge in [0.15, 0.2) is 0 Å². The first-order valence-corrected chi connectivity index (χ1v) is 11.1. The average molecular weight is 389 g/mol. The summed E-state index contributed by atoms with van der Waals surface area (Å²) in [5, 5.41) is 1.08. The Bertz CT molecular complexity index is 808. The Kier molecular flexibility index (Phi) is 6.35. The summed E-state index contributed by atoms with van der Waals surface area (Å²) in [5.41, 5.74) is 1.04. The van der Waals surface area contributed by atoms with Crippen LogP contribution in [-0.4, -0.2) is 47.0 Å². The van der Waals surface area contributed by atoms with Crippen molar-refractivity contribution >= 4 is 33.3 Å². The lowest BCUT2D eigenvalue weighted by atomic mass is 9.99. The number of thiophene rings is 1. The van der Waals surface area contributed by atoms with Crippen LogP contribution in [0.2, 0.25) is 0 Å². The number of hydrogen-bond donors (Lipinski definition) is 0. The zero-order chi connectivity index (χ0) is 19.6. The molecule has 0 aromatic carbocycles. The molecule has 1 saturated heterocycles. The molecule has 27 heavy (non-hydrogen) atoms. The largest absolute Gasteiger partial charge is 0.356 e. The predicted molar refractivity (Wildman–Crippen MR) is 114 cm³/mol. The molecule has 0 saturated carbocycles. The van der Waals surface area contributed by atoms with Crippen molar-refractivity contribution in [3.63, 3.8) is 0 Å². The quantitative estimate of drug-likeness (QED) is 0.713. The average Bonchev–Trinajstić information content (AvgIpc) is 2.98. The molecule has 0 aliphatic carbocycles. The van der Waals surface area contributed by atoms with E-state index in [1.807, 2.05) is 11.8 Å². The maximum atomic E-state index is 13.2. The number of unbranched alkanes of at least 4 members (excludes halogenated alkanes) is 1. The highest BCUT2D eigenvalue weighted by Crippen LogP contribution is 2.37. The summed E-state index contributed by atoms with van der Waals surface area (Å²) in [6.45, 7) is 14.2. The molecular weight excluding hydrogens is 356 g/mol. The summed E-state index contributed by atoms with van der Waals surface area (Å²) >= 11 is 1.53. The molecule has 6 heteroatoms. The van der Waals surface area contributed by atoms with E-state index < -0.39 is 0 Å². The molecule has 1 aliphatic heterocycles. The van der Waals surface area contributed by atoms with Gasteiger partial charge in [0.1, 0.15) is 16.5 Å². The molecule has 0 N–H and O–H groups in total. The Hall–Kier alpha value is -1.69. The molecule has 0 atom stereocenters. The lowest BCUT2D eigenvalue weighted by Crippen LogP contribution is -2.33. The van der Waals surface area contributed by atoms with Gasteiger partial charge in [0.2, 0.25) is 0 Å². The standard InChI is InChI=1S/C21H32N4OS/c1-6-8-11-24(7-2)21(26)18-15(4)17-19(22-16(5)23-20(17)27-18)25-12-9-14(3)10-13-25/h14H,6-13H2,1-5H3. The molecule has 1 amide bonds. The first-order chi connectivity index (χ1) is 13.0. The number of aryl methyl sites for hydroxylation is 2. The van der Waals surface area contributed by atoms with Crippen molar-refractivity contribution in [1.29, 1.82) is 0 Å². The zero-order valence-corrected chi connectivity index (χ0v) is 18.2. The molecule has 0 radical (unpaired) electrons. The molecule has 3 heterocycles. The highest BCUT2D eigenvalue weighted by atomic mass is 32.1. The zero-order valence-electron chi connectivity index (χ0n) is 17.3. The fourth-order valence-electron chi connectivity index (χ4n) is 3.77. The molecular formula is C21H32N4OS. The van der Waals surface area contributed by atoms with Crippen LogP contribution in [0.3, 0.4) is 0 Å². The van der Waals surface area contributed by atoms with E-state index in [9.17, 15) is 4.79 Å². The van der Waals surface area contributed by atoms with Crippen LogP contribution in [-0.2, 0) is 0 Å². The lowest BCUT2D eigenvalue weighted by Gasteiger charge is -2.31. The number of piperidine rings is 1. The molecule has 2 aromatic heterocycles. The summed E-state index contributed by atoms with van der Waals surface area (Å²) in [6.07, 6.45) is 4.53. The van der Waals surface area contributed by atoms with Crippen molar-refractivity contribution in [3.8, 4) is 0 Å². The number of fused-ring (bicyclic) bond motifs is 1. The molecule has 3 rings (SSSR count). The number of aromatic nitrogens is 2. The minimum Gasteiger partial charge on any atom is -0.356 e. The predicted octanol–water partition coefficient (Wildman–Crippen LogP) is 4.81. The number of carbonyl (C=O) groups is 1. The van der Waals surface area contributed by atoms with E-state index >= 15 is 0 Å². The first-order valence-electron chi connectivity index (χ1n) is 10.3. The Morgan fingerprint density at radius 1 is 1.22 bits per heavy atom.